The first-order chi connectivity index (χ1) is 6.56. The molecule has 3 N–H and O–H groups in total. The predicted octanol–water partition coefficient (Wildman–Crippen LogP) is 1.69. The molecule has 0 unspecified atom stereocenters. The van der Waals surface area contributed by atoms with Crippen molar-refractivity contribution in [2.75, 3.05) is 5.73 Å². The molecule has 0 amide bonds. The second-order valence-electron chi connectivity index (χ2n) is 3.96. The highest BCUT2D eigenvalue weighted by molar-refractivity contribution is 5.85. The molecule has 0 saturated heterocycles. The van der Waals surface area contributed by atoms with E-state index in [1.54, 1.807) is 6.07 Å². The van der Waals surface area contributed by atoms with Crippen molar-refractivity contribution in [3.05, 3.63) is 29.3 Å². The lowest BCUT2D eigenvalue weighted by Gasteiger charge is -2.13. The lowest BCUT2D eigenvalue weighted by molar-refractivity contribution is -0.140. The number of aliphatic carboxylic acids is 1. The minimum atomic E-state index is -0.717. The first-order valence-electron chi connectivity index (χ1n) is 4.66. The number of nitrogens with two attached hydrogens (primary N) is 1. The van der Waals surface area contributed by atoms with Gasteiger partial charge in [-0.1, -0.05) is 6.07 Å². The fourth-order valence-corrected chi connectivity index (χ4v) is 1.95. The summed E-state index contributed by atoms with van der Waals surface area (Å²) in [5, 5.41) is 9.12. The molecule has 0 spiro atoms. The third kappa shape index (κ3) is 1.16. The van der Waals surface area contributed by atoms with E-state index in [4.69, 9.17) is 10.8 Å². The lowest BCUT2D eigenvalue weighted by atomic mass is 9.92. The Morgan fingerprint density at radius 2 is 2.14 bits per heavy atom. The zero-order chi connectivity index (χ0) is 10.3. The summed E-state index contributed by atoms with van der Waals surface area (Å²) in [5.41, 5.74) is 7.59. The molecule has 1 aromatic carbocycles. The quantitative estimate of drug-likeness (QED) is 0.699. The maximum absolute atomic E-state index is 11.1. The van der Waals surface area contributed by atoms with Crippen molar-refractivity contribution in [3.63, 3.8) is 0 Å². The van der Waals surface area contributed by atoms with Crippen LogP contribution in [0.5, 0.6) is 0 Å². The normalized spacial score (nSPS) is 17.8. The van der Waals surface area contributed by atoms with E-state index in [-0.39, 0.29) is 0 Å². The number of aryl methyl sites for hydroxylation is 1. The Kier molecular flexibility index (Phi) is 1.77. The Bertz CT molecular complexity index is 394. The van der Waals surface area contributed by atoms with Gasteiger partial charge in [-0.25, -0.2) is 0 Å². The third-order valence-electron chi connectivity index (χ3n) is 2.93. The number of carboxylic acids is 1. The lowest BCUT2D eigenvalue weighted by Crippen LogP contribution is -2.20. The Morgan fingerprint density at radius 3 is 2.57 bits per heavy atom. The molecular weight excluding hydrogens is 178 g/mol. The summed E-state index contributed by atoms with van der Waals surface area (Å²) in [6.45, 7) is 1.91. The smallest absolute Gasteiger partial charge is 0.314 e. The summed E-state index contributed by atoms with van der Waals surface area (Å²) < 4.78 is 0. The minimum Gasteiger partial charge on any atom is -0.481 e. The van der Waals surface area contributed by atoms with Crippen LogP contribution in [-0.2, 0) is 10.2 Å². The van der Waals surface area contributed by atoms with Gasteiger partial charge in [0, 0.05) is 5.69 Å². The molecule has 0 radical (unpaired) electrons. The number of anilines is 1. The molecule has 0 heterocycles. The highest BCUT2D eigenvalue weighted by Crippen LogP contribution is 2.49. The minimum absolute atomic E-state index is 0.613. The van der Waals surface area contributed by atoms with Crippen LogP contribution in [-0.4, -0.2) is 11.1 Å². The van der Waals surface area contributed by atoms with Crippen LogP contribution < -0.4 is 5.73 Å². The Hall–Kier alpha value is -1.51. The molecule has 3 nitrogen and oxygen atoms in total. The largest absolute Gasteiger partial charge is 0.481 e. The van der Waals surface area contributed by atoms with E-state index >= 15 is 0 Å². The number of carboxylic acid groups (broad SMARTS) is 1. The molecule has 1 aliphatic carbocycles. The molecular formula is C11H13NO2. The molecule has 1 saturated carbocycles. The third-order valence-corrected chi connectivity index (χ3v) is 2.93. The van der Waals surface area contributed by atoms with Crippen LogP contribution in [0.25, 0.3) is 0 Å². The van der Waals surface area contributed by atoms with Gasteiger partial charge in [0.2, 0.25) is 0 Å². The molecule has 0 bridgehead atoms. The summed E-state index contributed by atoms with van der Waals surface area (Å²) in [7, 11) is 0. The summed E-state index contributed by atoms with van der Waals surface area (Å²) in [6, 6.07) is 5.44. The Labute approximate surface area is 82.5 Å². The van der Waals surface area contributed by atoms with Crippen LogP contribution in [0, 0.1) is 6.92 Å². The fraction of sp³-hybridized carbons (Fsp3) is 0.364. The zero-order valence-corrected chi connectivity index (χ0v) is 8.08. The van der Waals surface area contributed by atoms with E-state index < -0.39 is 11.4 Å². The second-order valence-corrected chi connectivity index (χ2v) is 3.96. The van der Waals surface area contributed by atoms with Crippen LogP contribution in [0.2, 0.25) is 0 Å². The van der Waals surface area contributed by atoms with Crippen LogP contribution in [0.15, 0.2) is 18.2 Å². The maximum atomic E-state index is 11.1. The van der Waals surface area contributed by atoms with Crippen molar-refractivity contribution in [2.24, 2.45) is 0 Å². The van der Waals surface area contributed by atoms with Crippen molar-refractivity contribution in [1.82, 2.24) is 0 Å². The van der Waals surface area contributed by atoms with Crippen molar-refractivity contribution in [1.29, 1.82) is 0 Å². The number of hydrogen-bond donors (Lipinski definition) is 2. The highest BCUT2D eigenvalue weighted by Gasteiger charge is 2.52. The molecule has 1 aliphatic rings. The standard InChI is InChI=1S/C11H13NO2/c1-7-6-8(12)2-3-9(7)11(4-5-11)10(13)14/h2-3,6H,4-5,12H2,1H3,(H,13,14). The molecule has 2 rings (SSSR count). The highest BCUT2D eigenvalue weighted by atomic mass is 16.4. The van der Waals surface area contributed by atoms with Crippen LogP contribution in [0.1, 0.15) is 24.0 Å². The summed E-state index contributed by atoms with van der Waals surface area (Å²) in [6.07, 6.45) is 1.49. The summed E-state index contributed by atoms with van der Waals surface area (Å²) >= 11 is 0. The molecule has 1 aromatic rings. The van der Waals surface area contributed by atoms with E-state index in [0.29, 0.717) is 5.69 Å². The number of carbonyl (C=O) groups is 1. The molecule has 0 aromatic heterocycles. The molecule has 0 atom stereocenters. The molecule has 1 fully saturated rings. The molecule has 74 valence electrons. The number of hydrogen-bond acceptors (Lipinski definition) is 2. The van der Waals surface area contributed by atoms with Gasteiger partial charge in [-0.3, -0.25) is 4.79 Å². The van der Waals surface area contributed by atoms with Gasteiger partial charge in [-0.15, -0.1) is 0 Å². The fourth-order valence-electron chi connectivity index (χ4n) is 1.95. The van der Waals surface area contributed by atoms with Crippen LogP contribution in [0.3, 0.4) is 0 Å². The predicted molar refractivity (Wildman–Crippen MR) is 54.1 cm³/mol. The number of rotatable bonds is 2. The SMILES string of the molecule is Cc1cc(N)ccc1C1(C(=O)O)CC1. The van der Waals surface area contributed by atoms with E-state index in [1.807, 2.05) is 19.1 Å². The van der Waals surface area contributed by atoms with E-state index in [1.165, 1.54) is 0 Å². The zero-order valence-electron chi connectivity index (χ0n) is 8.08. The number of nitrogen functional groups attached to an aromatic ring is 1. The van der Waals surface area contributed by atoms with Gasteiger partial charge < -0.3 is 10.8 Å². The van der Waals surface area contributed by atoms with Crippen molar-refractivity contribution >= 4 is 11.7 Å². The van der Waals surface area contributed by atoms with Gasteiger partial charge >= 0.3 is 5.97 Å². The summed E-state index contributed by atoms with van der Waals surface area (Å²) in [4.78, 5) is 11.1. The first kappa shape index (κ1) is 9.06. The van der Waals surface area contributed by atoms with Crippen molar-refractivity contribution in [2.45, 2.75) is 25.2 Å². The van der Waals surface area contributed by atoms with E-state index in [0.717, 1.165) is 24.0 Å². The number of benzene rings is 1. The topological polar surface area (TPSA) is 63.3 Å². The molecule has 3 heteroatoms. The van der Waals surface area contributed by atoms with Crippen molar-refractivity contribution in [3.8, 4) is 0 Å². The van der Waals surface area contributed by atoms with Gasteiger partial charge in [0.05, 0.1) is 5.41 Å². The van der Waals surface area contributed by atoms with Gasteiger partial charge in [0.15, 0.2) is 0 Å². The monoisotopic (exact) mass is 191 g/mol. The summed E-state index contributed by atoms with van der Waals surface area (Å²) in [5.74, 6) is -0.717. The van der Waals surface area contributed by atoms with Gasteiger partial charge in [-0.2, -0.15) is 0 Å². The van der Waals surface area contributed by atoms with Gasteiger partial charge in [0.25, 0.3) is 0 Å². The van der Waals surface area contributed by atoms with Gasteiger partial charge in [0.1, 0.15) is 0 Å². The Morgan fingerprint density at radius 1 is 1.50 bits per heavy atom. The van der Waals surface area contributed by atoms with Crippen LogP contribution >= 0.6 is 0 Å². The second kappa shape index (κ2) is 2.74. The van der Waals surface area contributed by atoms with E-state index in [2.05, 4.69) is 0 Å². The molecule has 0 aliphatic heterocycles. The molecule has 14 heavy (non-hydrogen) atoms. The first-order valence-corrected chi connectivity index (χ1v) is 4.66. The van der Waals surface area contributed by atoms with E-state index in [9.17, 15) is 4.79 Å². The Balaban J connectivity index is 2.47. The van der Waals surface area contributed by atoms with Gasteiger partial charge in [-0.05, 0) is 43.0 Å². The maximum Gasteiger partial charge on any atom is 0.314 e. The average Bonchev–Trinajstić information content (AvgIpc) is 2.84. The average molecular weight is 191 g/mol. The van der Waals surface area contributed by atoms with Crippen molar-refractivity contribution < 1.29 is 9.90 Å². The van der Waals surface area contributed by atoms with Crippen LogP contribution in [0.4, 0.5) is 5.69 Å².